The molecule has 0 fully saturated rings. The molecule has 0 radical (unpaired) electrons. The van der Waals surface area contributed by atoms with Crippen molar-refractivity contribution in [3.05, 3.63) is 64.0 Å². The fourth-order valence-electron chi connectivity index (χ4n) is 3.02. The van der Waals surface area contributed by atoms with Gasteiger partial charge in [0, 0.05) is 17.2 Å². The third-order valence-electron chi connectivity index (χ3n) is 4.03. The van der Waals surface area contributed by atoms with Crippen LogP contribution in [0, 0.1) is 0 Å². The van der Waals surface area contributed by atoms with Gasteiger partial charge >= 0.3 is 0 Å². The van der Waals surface area contributed by atoms with Crippen LogP contribution in [0.5, 0.6) is 0 Å². The number of thiazole rings is 1. The maximum Gasteiger partial charge on any atom is 0.153 e. The average molecular weight is 341 g/mol. The van der Waals surface area contributed by atoms with Gasteiger partial charge in [-0.15, -0.1) is 11.3 Å². The van der Waals surface area contributed by atoms with Gasteiger partial charge < -0.3 is 0 Å². The first-order valence-corrected chi connectivity index (χ1v) is 10.3. The average Bonchev–Trinajstić information content (AvgIpc) is 3.09. The van der Waals surface area contributed by atoms with Gasteiger partial charge in [0.05, 0.1) is 5.69 Å². The molecule has 5 heteroatoms. The van der Waals surface area contributed by atoms with Gasteiger partial charge in [-0.05, 0) is 34.7 Å². The summed E-state index contributed by atoms with van der Waals surface area (Å²) in [6.45, 7) is 0. The van der Waals surface area contributed by atoms with Crippen molar-refractivity contribution in [3.63, 3.8) is 0 Å². The molecule has 1 aliphatic rings. The second-order valence-corrected chi connectivity index (χ2v) is 8.99. The van der Waals surface area contributed by atoms with Crippen LogP contribution in [0.25, 0.3) is 22.4 Å². The summed E-state index contributed by atoms with van der Waals surface area (Å²) in [7, 11) is -3.05. The van der Waals surface area contributed by atoms with E-state index in [1.165, 1.54) is 39.8 Å². The van der Waals surface area contributed by atoms with Gasteiger partial charge in [-0.2, -0.15) is 0 Å². The van der Waals surface area contributed by atoms with Gasteiger partial charge in [0.2, 0.25) is 0 Å². The minimum absolute atomic E-state index is 0.00540. The van der Waals surface area contributed by atoms with Crippen molar-refractivity contribution in [1.82, 2.24) is 4.98 Å². The Morgan fingerprint density at radius 1 is 1.09 bits per heavy atom. The maximum absolute atomic E-state index is 11.4. The molecular formula is C18H15NO2S2. The van der Waals surface area contributed by atoms with Crippen LogP contribution in [-0.2, 0) is 22.0 Å². The van der Waals surface area contributed by atoms with Crippen molar-refractivity contribution in [1.29, 1.82) is 0 Å². The minimum atomic E-state index is -3.05. The van der Waals surface area contributed by atoms with Crippen molar-refractivity contribution in [2.45, 2.75) is 12.2 Å². The Morgan fingerprint density at radius 3 is 2.70 bits per heavy atom. The highest BCUT2D eigenvalue weighted by atomic mass is 32.2. The molecule has 0 spiro atoms. The molecule has 0 amide bonds. The Bertz CT molecular complexity index is 1000. The molecule has 0 unspecified atom stereocenters. The summed E-state index contributed by atoms with van der Waals surface area (Å²) in [5.74, 6) is 0.00540. The topological polar surface area (TPSA) is 47.0 Å². The van der Waals surface area contributed by atoms with E-state index < -0.39 is 9.84 Å². The lowest BCUT2D eigenvalue weighted by Crippen LogP contribution is -1.99. The number of sulfone groups is 1. The van der Waals surface area contributed by atoms with E-state index in [0.29, 0.717) is 5.01 Å². The molecule has 3 aromatic rings. The standard InChI is InChI=1S/C18H15NO2S2/c1-23(20,21)11-18-19-17(10-22-18)14-7-6-13-8-12-4-2-3-5-15(12)16(13)9-14/h2-7,9-10H,8,11H2,1H3. The number of fused-ring (bicyclic) bond motifs is 3. The number of rotatable bonds is 3. The van der Waals surface area contributed by atoms with Crippen molar-refractivity contribution in [2.75, 3.05) is 6.26 Å². The summed E-state index contributed by atoms with van der Waals surface area (Å²) in [5.41, 5.74) is 7.13. The predicted octanol–water partition coefficient (Wildman–Crippen LogP) is 3.93. The normalized spacial score (nSPS) is 12.9. The third-order valence-corrected chi connectivity index (χ3v) is 5.86. The van der Waals surface area contributed by atoms with Crippen LogP contribution in [0.15, 0.2) is 47.8 Å². The molecule has 1 aromatic heterocycles. The molecule has 0 N–H and O–H groups in total. The van der Waals surface area contributed by atoms with Crippen molar-refractivity contribution in [3.8, 4) is 22.4 Å². The van der Waals surface area contributed by atoms with Crippen LogP contribution in [0.4, 0.5) is 0 Å². The zero-order valence-electron chi connectivity index (χ0n) is 12.6. The first-order valence-electron chi connectivity index (χ1n) is 7.33. The summed E-state index contributed by atoms with van der Waals surface area (Å²) >= 11 is 1.40. The van der Waals surface area contributed by atoms with Crippen LogP contribution < -0.4 is 0 Å². The van der Waals surface area contributed by atoms with Crippen molar-refractivity contribution in [2.24, 2.45) is 0 Å². The number of benzene rings is 2. The van der Waals surface area contributed by atoms with Gasteiger partial charge in [0.1, 0.15) is 10.8 Å². The van der Waals surface area contributed by atoms with Crippen LogP contribution >= 0.6 is 11.3 Å². The lowest BCUT2D eigenvalue weighted by atomic mass is 10.0. The highest BCUT2D eigenvalue weighted by molar-refractivity contribution is 7.90. The molecular weight excluding hydrogens is 326 g/mol. The lowest BCUT2D eigenvalue weighted by Gasteiger charge is -2.04. The Kier molecular flexibility index (Phi) is 3.36. The molecule has 1 aliphatic carbocycles. The zero-order chi connectivity index (χ0) is 16.0. The highest BCUT2D eigenvalue weighted by Crippen LogP contribution is 2.38. The largest absolute Gasteiger partial charge is 0.240 e. The quantitative estimate of drug-likeness (QED) is 0.567. The Hall–Kier alpha value is -1.98. The highest BCUT2D eigenvalue weighted by Gasteiger charge is 2.19. The molecule has 0 aliphatic heterocycles. The van der Waals surface area contributed by atoms with E-state index in [9.17, 15) is 8.42 Å². The first kappa shape index (κ1) is 14.6. The van der Waals surface area contributed by atoms with Crippen LogP contribution in [0.1, 0.15) is 16.1 Å². The maximum atomic E-state index is 11.4. The number of hydrogen-bond acceptors (Lipinski definition) is 4. The summed E-state index contributed by atoms with van der Waals surface area (Å²) < 4.78 is 22.8. The van der Waals surface area contributed by atoms with E-state index in [2.05, 4.69) is 47.4 Å². The number of nitrogens with zero attached hydrogens (tertiary/aromatic N) is 1. The Balaban J connectivity index is 1.73. The summed E-state index contributed by atoms with van der Waals surface area (Å²) in [4.78, 5) is 4.49. The van der Waals surface area contributed by atoms with Crippen LogP contribution in [0.2, 0.25) is 0 Å². The van der Waals surface area contributed by atoms with E-state index in [0.717, 1.165) is 17.7 Å². The Labute approximate surface area is 139 Å². The van der Waals surface area contributed by atoms with Crippen molar-refractivity contribution < 1.29 is 8.42 Å². The summed E-state index contributed by atoms with van der Waals surface area (Å²) in [5, 5.41) is 2.58. The van der Waals surface area contributed by atoms with Gasteiger partial charge in [-0.1, -0.05) is 36.4 Å². The van der Waals surface area contributed by atoms with E-state index in [4.69, 9.17) is 0 Å². The second-order valence-electron chi connectivity index (χ2n) is 5.90. The zero-order valence-corrected chi connectivity index (χ0v) is 14.2. The monoisotopic (exact) mass is 341 g/mol. The smallest absolute Gasteiger partial charge is 0.153 e. The molecule has 1 heterocycles. The van der Waals surface area contributed by atoms with E-state index >= 15 is 0 Å². The SMILES string of the molecule is CS(=O)(=O)Cc1nc(-c2ccc3c(c2)-c2ccccc2C3)cs1. The van der Waals surface area contributed by atoms with E-state index in [-0.39, 0.29) is 5.75 Å². The summed E-state index contributed by atoms with van der Waals surface area (Å²) in [6, 6.07) is 14.9. The Morgan fingerprint density at radius 2 is 1.87 bits per heavy atom. The molecule has 0 saturated carbocycles. The van der Waals surface area contributed by atoms with Gasteiger partial charge in [-0.25, -0.2) is 13.4 Å². The lowest BCUT2D eigenvalue weighted by molar-refractivity contribution is 0.601. The molecule has 0 saturated heterocycles. The van der Waals surface area contributed by atoms with Crippen LogP contribution in [0.3, 0.4) is 0 Å². The van der Waals surface area contributed by atoms with Gasteiger partial charge in [-0.3, -0.25) is 0 Å². The van der Waals surface area contributed by atoms with Gasteiger partial charge in [0.15, 0.2) is 9.84 Å². The molecule has 4 rings (SSSR count). The molecule has 0 atom stereocenters. The molecule has 2 aromatic carbocycles. The van der Waals surface area contributed by atoms with E-state index in [1.807, 2.05) is 5.38 Å². The van der Waals surface area contributed by atoms with Crippen LogP contribution in [-0.4, -0.2) is 19.7 Å². The predicted molar refractivity (Wildman–Crippen MR) is 94.3 cm³/mol. The molecule has 0 bridgehead atoms. The molecule has 3 nitrogen and oxygen atoms in total. The molecule has 116 valence electrons. The second kappa shape index (κ2) is 5.28. The van der Waals surface area contributed by atoms with E-state index in [1.54, 1.807) is 0 Å². The first-order chi connectivity index (χ1) is 11.0. The third kappa shape index (κ3) is 2.82. The van der Waals surface area contributed by atoms with Crippen molar-refractivity contribution >= 4 is 21.2 Å². The fraction of sp³-hybridized carbons (Fsp3) is 0.167. The number of aromatic nitrogens is 1. The summed E-state index contributed by atoms with van der Waals surface area (Å²) in [6.07, 6.45) is 2.21. The molecule has 23 heavy (non-hydrogen) atoms. The van der Waals surface area contributed by atoms with Gasteiger partial charge in [0.25, 0.3) is 0 Å². The fourth-order valence-corrected chi connectivity index (χ4v) is 5.03. The number of hydrogen-bond donors (Lipinski definition) is 0. The minimum Gasteiger partial charge on any atom is -0.240 e.